The molecule has 0 saturated carbocycles. The largest absolute Gasteiger partial charge is 0.480 e. The summed E-state index contributed by atoms with van der Waals surface area (Å²) in [7, 11) is 0. The van der Waals surface area contributed by atoms with Crippen LogP contribution >= 0.6 is 24.4 Å². The third-order valence-electron chi connectivity index (χ3n) is 20.5. The summed E-state index contributed by atoms with van der Waals surface area (Å²) in [5, 5.41) is 50.0. The summed E-state index contributed by atoms with van der Waals surface area (Å²) in [4.78, 5) is 234. The third-order valence-corrected chi connectivity index (χ3v) is 21.5. The molecule has 14 amide bonds. The van der Waals surface area contributed by atoms with E-state index in [0.29, 0.717) is 36.3 Å². The predicted molar refractivity (Wildman–Crippen MR) is 443 cm³/mol. The Morgan fingerprint density at radius 3 is 1.45 bits per heavy atom. The molecule has 658 valence electrons. The average Bonchev–Trinajstić information content (AvgIpc) is 1.74. The van der Waals surface area contributed by atoms with E-state index in [4.69, 9.17) is 34.4 Å². The fourth-order valence-corrected chi connectivity index (χ4v) is 15.0. The lowest BCUT2D eigenvalue weighted by molar-refractivity contribution is -0.150. The molecule has 26 N–H and O–H groups in total. The number of thiol groups is 1. The van der Waals surface area contributed by atoms with Gasteiger partial charge in [0.15, 0.2) is 17.9 Å². The van der Waals surface area contributed by atoms with Crippen molar-refractivity contribution in [3.05, 3.63) is 54.1 Å². The smallest absolute Gasteiger partial charge is 0.326 e. The molecule has 4 saturated heterocycles. The average molecular weight is 1710 g/mol. The lowest BCUT2D eigenvalue weighted by Gasteiger charge is -2.33. The minimum atomic E-state index is -1.81. The van der Waals surface area contributed by atoms with Crippen molar-refractivity contribution < 1.29 is 82.1 Å². The van der Waals surface area contributed by atoms with Crippen LogP contribution in [0.1, 0.15) is 142 Å². The number of benzene rings is 1. The Balaban J connectivity index is 1.15. The Kier molecular flexibility index (Phi) is 39.6. The molecule has 4 aliphatic rings. The molecule has 5 heterocycles. The molecular formula is C75H119N25O17S2. The van der Waals surface area contributed by atoms with E-state index in [1.54, 1.807) is 64.3 Å². The number of aliphatic imine (C=N–C) groups is 3. The fraction of sp³-hybridized carbons (Fsp3) is 0.640. The zero-order chi connectivity index (χ0) is 87.6. The number of carbonyl (C=O) groups excluding carboxylic acids is 14. The summed E-state index contributed by atoms with van der Waals surface area (Å²) in [6.07, 6.45) is 6.26. The van der Waals surface area contributed by atoms with Gasteiger partial charge in [-0.2, -0.15) is 24.4 Å². The summed E-state index contributed by atoms with van der Waals surface area (Å²) in [6.45, 7) is 6.14. The molecule has 2 aromatic rings. The van der Waals surface area contributed by atoms with E-state index in [2.05, 4.69) is 96.1 Å². The first kappa shape index (κ1) is 96.8. The molecule has 14 atom stereocenters. The number of aliphatic hydroxyl groups is 1. The second-order valence-electron chi connectivity index (χ2n) is 30.4. The summed E-state index contributed by atoms with van der Waals surface area (Å²) in [6, 6.07) is -9.64. The van der Waals surface area contributed by atoms with Crippen LogP contribution in [-0.2, 0) is 84.8 Å². The van der Waals surface area contributed by atoms with Gasteiger partial charge in [-0.05, 0) is 126 Å². The van der Waals surface area contributed by atoms with Crippen molar-refractivity contribution in [1.29, 1.82) is 0 Å². The highest BCUT2D eigenvalue weighted by Gasteiger charge is 2.45. The topological polar surface area (TPSA) is 660 Å². The van der Waals surface area contributed by atoms with Gasteiger partial charge in [0, 0.05) is 76.2 Å². The zero-order valence-corrected chi connectivity index (χ0v) is 69.6. The van der Waals surface area contributed by atoms with Gasteiger partial charge >= 0.3 is 5.97 Å². The van der Waals surface area contributed by atoms with Gasteiger partial charge in [0.2, 0.25) is 82.7 Å². The summed E-state index contributed by atoms with van der Waals surface area (Å²) in [5.74, 6) is -13.6. The fourth-order valence-electron chi connectivity index (χ4n) is 14.3. The van der Waals surface area contributed by atoms with E-state index in [1.807, 2.05) is 0 Å². The highest BCUT2D eigenvalue weighted by atomic mass is 32.2. The van der Waals surface area contributed by atoms with Crippen molar-refractivity contribution in [2.24, 2.45) is 61.2 Å². The maximum absolute atomic E-state index is 14.8. The van der Waals surface area contributed by atoms with Crippen LogP contribution in [-0.4, -0.2) is 290 Å². The molecule has 4 fully saturated rings. The van der Waals surface area contributed by atoms with Crippen LogP contribution < -0.4 is 92.9 Å². The molecule has 1 aromatic heterocycles. The Bertz CT molecular complexity index is 3900. The Labute approximate surface area is 699 Å². The maximum atomic E-state index is 14.8. The van der Waals surface area contributed by atoms with E-state index in [1.165, 1.54) is 39.0 Å². The van der Waals surface area contributed by atoms with Crippen molar-refractivity contribution in [3.8, 4) is 0 Å². The van der Waals surface area contributed by atoms with Crippen LogP contribution in [0, 0.1) is 11.8 Å². The van der Waals surface area contributed by atoms with Gasteiger partial charge in [-0.3, -0.25) is 82.1 Å². The molecule has 0 spiro atoms. The van der Waals surface area contributed by atoms with Gasteiger partial charge in [0.25, 0.3) is 0 Å². The van der Waals surface area contributed by atoms with E-state index >= 15 is 0 Å². The van der Waals surface area contributed by atoms with Crippen LogP contribution in [0.25, 0.3) is 0 Å². The maximum Gasteiger partial charge on any atom is 0.326 e. The number of aromatic amines is 1. The number of nitrogens with zero attached hydrogens (tertiary/aromatic N) is 7. The van der Waals surface area contributed by atoms with Crippen molar-refractivity contribution in [2.75, 3.05) is 63.6 Å². The second-order valence-corrected chi connectivity index (χ2v) is 31.8. The summed E-state index contributed by atoms with van der Waals surface area (Å²) >= 11 is 5.73. The molecule has 44 heteroatoms. The molecule has 42 nitrogen and oxygen atoms in total. The molecule has 0 radical (unpaired) electrons. The minimum Gasteiger partial charge on any atom is -0.480 e. The Morgan fingerprint density at radius 1 is 0.529 bits per heavy atom. The number of nitrogens with one attached hydrogen (secondary N) is 12. The van der Waals surface area contributed by atoms with E-state index in [9.17, 15) is 82.1 Å². The van der Waals surface area contributed by atoms with Gasteiger partial charge in [0.05, 0.1) is 12.9 Å². The molecular weight excluding hydrogens is 1590 g/mol. The number of carboxylic acids is 1. The van der Waals surface area contributed by atoms with Gasteiger partial charge in [-0.25, -0.2) is 9.78 Å². The van der Waals surface area contributed by atoms with Gasteiger partial charge in [-0.1, -0.05) is 58.0 Å². The lowest BCUT2D eigenvalue weighted by atomic mass is 10.0. The number of carboxylic acid groups (broad SMARTS) is 1. The zero-order valence-electron chi connectivity index (χ0n) is 67.8. The van der Waals surface area contributed by atoms with Crippen LogP contribution in [0.3, 0.4) is 0 Å². The molecule has 0 unspecified atom stereocenters. The van der Waals surface area contributed by atoms with Crippen LogP contribution in [0.4, 0.5) is 0 Å². The number of nitrogens with two attached hydrogens (primary N) is 6. The number of guanidine groups is 3. The van der Waals surface area contributed by atoms with Gasteiger partial charge in [0.1, 0.15) is 84.6 Å². The number of imidazole rings is 1. The van der Waals surface area contributed by atoms with Crippen LogP contribution in [0.2, 0.25) is 0 Å². The number of amides is 14. The number of H-pyrrole nitrogens is 1. The molecule has 0 bridgehead atoms. The first-order valence-electron chi connectivity index (χ1n) is 40.0. The number of aliphatic hydroxyl groups excluding tert-OH is 1. The Hall–Kier alpha value is -11.1. The quantitative estimate of drug-likeness (QED) is 0.0127. The van der Waals surface area contributed by atoms with Crippen molar-refractivity contribution in [2.45, 2.75) is 228 Å². The minimum absolute atomic E-state index is 0.0104. The number of aromatic nitrogens is 2. The normalized spacial score (nSPS) is 18.8. The van der Waals surface area contributed by atoms with Crippen molar-refractivity contribution in [1.82, 2.24) is 83.2 Å². The number of rotatable bonds is 48. The van der Waals surface area contributed by atoms with Gasteiger partial charge < -0.3 is 123 Å². The standard InChI is InChI=1S/C75H119N25O17S2/c1-40(2)33-49(93-67(111)54-20-12-29-98(54)69(113)48(25-32-119-5)91-66(110)53(38-118)96-60(104)45(18-10-27-84-74(78)79)88-59(103)44(17-9-26-83-73(76)77)89-61(105)47-23-24-57(102)87-47)63(107)92-50(35-43-36-82-39-86-43)64(108)95-52(37-101)65(109)90-46(19-11-28-85-75(80)81)62(106)97-58(41(3)4)71(115)99-30-13-21-55(99)68(112)94-51(34-42-15-7-6-8-16-42)70(114)100-31-14-22-56(100)72(116)117/h6-8,15-16,36,39-41,44-56,58,101,118H,9-14,17-35,37-38H2,1-5H3,(H,82,86)(H,87,102)(H,88,103)(H,89,105)(H,90,109)(H,91,110)(H,92,107)(H,93,111)(H,94,112)(H,95,108)(H,96,104)(H,97,106)(H,116,117)(H4,76,77,83)(H4,78,79,84)(H4,80,81,85)/t44-,45+,46+,47+,48+,49+,50+,51+,52+,53+,54+,55+,56+,58+/m0/s1. The SMILES string of the molecule is CSCC[C@@H](NC(=O)[C@@H](CS)NC(=O)[C@@H](CCCN=C(N)N)NC(=O)[C@H](CCCN=C(N)N)NC(=O)[C@H]1CCC(=O)N1)C(=O)N1CCC[C@@H]1C(=O)N[C@H](CC(C)C)C(=O)N[C@H](Cc1cnc[nH]1)C(=O)N[C@H](CO)C(=O)N[C@H](CCCN=C(N)N)C(=O)N[C@@H](C(=O)N1CCC[C@@H]1C(=O)N[C@H](Cc1ccccc1)C(=O)N1CCC[C@@H]1C(=O)O)C(C)C. The van der Waals surface area contributed by atoms with Crippen molar-refractivity contribution in [3.63, 3.8) is 0 Å². The highest BCUT2D eigenvalue weighted by Crippen LogP contribution is 2.26. The number of aliphatic carboxylic acids is 1. The summed E-state index contributed by atoms with van der Waals surface area (Å²) in [5.41, 5.74) is 34.3. The van der Waals surface area contributed by atoms with Crippen LogP contribution in [0.5, 0.6) is 0 Å². The highest BCUT2D eigenvalue weighted by molar-refractivity contribution is 7.98. The molecule has 0 aliphatic carbocycles. The molecule has 4 aliphatic heterocycles. The third kappa shape index (κ3) is 30.7. The number of thioether (sulfide) groups is 1. The van der Waals surface area contributed by atoms with Crippen molar-refractivity contribution >= 4 is 131 Å². The molecule has 6 rings (SSSR count). The second kappa shape index (κ2) is 48.7. The summed E-state index contributed by atoms with van der Waals surface area (Å²) < 4.78 is 0. The van der Waals surface area contributed by atoms with E-state index in [0.717, 1.165) is 0 Å². The first-order chi connectivity index (χ1) is 56.6. The monoisotopic (exact) mass is 1710 g/mol. The Morgan fingerprint density at radius 2 is 0.966 bits per heavy atom. The first-order valence-corrected chi connectivity index (χ1v) is 42.0. The van der Waals surface area contributed by atoms with E-state index < -0.39 is 180 Å². The number of likely N-dealkylation sites (tertiary alicyclic amines) is 3. The number of hydrogen-bond acceptors (Lipinski definition) is 22. The van der Waals surface area contributed by atoms with E-state index in [-0.39, 0.29) is 171 Å². The predicted octanol–water partition coefficient (Wildman–Crippen LogP) is -6.08. The lowest BCUT2D eigenvalue weighted by Crippen LogP contribution is -2.62. The number of carbonyl (C=O) groups is 15. The van der Waals surface area contributed by atoms with Crippen LogP contribution in [0.15, 0.2) is 57.8 Å². The van der Waals surface area contributed by atoms with Gasteiger partial charge in [-0.15, -0.1) is 0 Å². The molecule has 1 aromatic carbocycles. The molecule has 119 heavy (non-hydrogen) atoms. The number of hydrogen-bond donors (Lipinski definition) is 21.